The number of benzene rings is 1. The highest BCUT2D eigenvalue weighted by atomic mass is 35.5. The van der Waals surface area contributed by atoms with Gasteiger partial charge in [-0.25, -0.2) is 8.42 Å². The Balaban J connectivity index is 1.43. The van der Waals surface area contributed by atoms with Gasteiger partial charge in [0.1, 0.15) is 10.3 Å². The molecule has 10 heteroatoms. The molecule has 3 heterocycles. The van der Waals surface area contributed by atoms with Crippen LogP contribution in [-0.2, 0) is 19.6 Å². The van der Waals surface area contributed by atoms with E-state index >= 15 is 0 Å². The third-order valence-corrected chi connectivity index (χ3v) is 9.12. The minimum Gasteiger partial charge on any atom is -0.341 e. The highest BCUT2D eigenvalue weighted by molar-refractivity contribution is 7.91. The fourth-order valence-electron chi connectivity index (χ4n) is 4.15. The van der Waals surface area contributed by atoms with Gasteiger partial charge in [-0.3, -0.25) is 9.59 Å². The maximum absolute atomic E-state index is 13.0. The number of sulfonamides is 1. The summed E-state index contributed by atoms with van der Waals surface area (Å²) in [5.41, 5.74) is 0. The molecule has 1 aromatic heterocycles. The van der Waals surface area contributed by atoms with Crippen molar-refractivity contribution in [2.75, 3.05) is 26.2 Å². The number of carbonyl (C=O) groups is 2. The second kappa shape index (κ2) is 9.44. The molecule has 1 N–H and O–H groups in total. The molecule has 1 aromatic carbocycles. The van der Waals surface area contributed by atoms with Crippen molar-refractivity contribution in [3.8, 4) is 0 Å². The van der Waals surface area contributed by atoms with Crippen molar-refractivity contribution in [3.05, 3.63) is 29.3 Å². The number of piperidine rings is 1. The molecule has 2 aromatic rings. The fraction of sp³-hybridized carbons (Fsp3) is 0.524. The first kappa shape index (κ1) is 22.5. The lowest BCUT2D eigenvalue weighted by molar-refractivity contribution is -0.143. The number of hydrogen-bond acceptors (Lipinski definition) is 5. The zero-order valence-electron chi connectivity index (χ0n) is 17.2. The maximum atomic E-state index is 13.0. The van der Waals surface area contributed by atoms with Crippen LogP contribution in [0.4, 0.5) is 0 Å². The van der Waals surface area contributed by atoms with Gasteiger partial charge in [-0.15, -0.1) is 11.3 Å². The molecular formula is C21H26ClN3O4S2. The number of amides is 2. The molecule has 2 fully saturated rings. The Hall–Kier alpha value is -1.68. The summed E-state index contributed by atoms with van der Waals surface area (Å²) >= 11 is 7.12. The largest absolute Gasteiger partial charge is 0.341 e. The molecule has 0 aliphatic carbocycles. The van der Waals surface area contributed by atoms with E-state index in [1.807, 2.05) is 4.90 Å². The minimum absolute atomic E-state index is 0.0123. The van der Waals surface area contributed by atoms with E-state index in [9.17, 15) is 18.0 Å². The number of nitrogens with zero attached hydrogens (tertiary/aromatic N) is 2. The number of thiophene rings is 1. The van der Waals surface area contributed by atoms with Gasteiger partial charge in [-0.05, 0) is 49.3 Å². The van der Waals surface area contributed by atoms with Gasteiger partial charge in [-0.1, -0.05) is 30.5 Å². The van der Waals surface area contributed by atoms with E-state index in [-0.39, 0.29) is 22.6 Å². The monoisotopic (exact) mass is 483 g/mol. The molecule has 4 rings (SSSR count). The molecule has 0 bridgehead atoms. The minimum atomic E-state index is -3.86. The summed E-state index contributed by atoms with van der Waals surface area (Å²) in [5.74, 6) is -0.387. The molecule has 1 atom stereocenters. The normalized spacial score (nSPS) is 20.8. The van der Waals surface area contributed by atoms with Crippen LogP contribution in [0.15, 0.2) is 28.5 Å². The molecule has 0 spiro atoms. The van der Waals surface area contributed by atoms with Crippen LogP contribution < -0.4 is 4.72 Å². The van der Waals surface area contributed by atoms with Crippen LogP contribution in [0.25, 0.3) is 10.1 Å². The van der Waals surface area contributed by atoms with Crippen LogP contribution in [0.2, 0.25) is 5.02 Å². The number of hydrogen-bond donors (Lipinski definition) is 1. The molecule has 2 aliphatic rings. The first-order valence-corrected chi connectivity index (χ1v) is 13.3. The van der Waals surface area contributed by atoms with Gasteiger partial charge in [0.2, 0.25) is 11.8 Å². The van der Waals surface area contributed by atoms with Crippen LogP contribution >= 0.6 is 22.9 Å². The Morgan fingerprint density at radius 3 is 2.58 bits per heavy atom. The van der Waals surface area contributed by atoms with Crippen LogP contribution in [0, 0.1) is 0 Å². The van der Waals surface area contributed by atoms with Crippen molar-refractivity contribution >= 4 is 54.9 Å². The van der Waals surface area contributed by atoms with E-state index in [0.29, 0.717) is 24.4 Å². The van der Waals surface area contributed by atoms with E-state index < -0.39 is 16.1 Å². The quantitative estimate of drug-likeness (QED) is 0.707. The summed E-state index contributed by atoms with van der Waals surface area (Å²) in [6.07, 6.45) is 5.29. The Labute approximate surface area is 191 Å². The molecule has 31 heavy (non-hydrogen) atoms. The second-order valence-electron chi connectivity index (χ2n) is 8.12. The number of rotatable bonds is 5. The summed E-state index contributed by atoms with van der Waals surface area (Å²) in [6.45, 7) is 1.94. The van der Waals surface area contributed by atoms with E-state index in [1.54, 1.807) is 24.3 Å². The second-order valence-corrected chi connectivity index (χ2v) is 11.6. The maximum Gasteiger partial charge on any atom is 0.250 e. The van der Waals surface area contributed by atoms with Crippen molar-refractivity contribution in [1.29, 1.82) is 0 Å². The van der Waals surface area contributed by atoms with E-state index in [0.717, 1.165) is 60.2 Å². The average molecular weight is 484 g/mol. The number of carbonyl (C=O) groups excluding carboxylic acids is 2. The van der Waals surface area contributed by atoms with Crippen LogP contribution in [-0.4, -0.2) is 62.3 Å². The molecule has 0 radical (unpaired) electrons. The number of likely N-dealkylation sites (tertiary alicyclic amines) is 2. The summed E-state index contributed by atoms with van der Waals surface area (Å²) in [7, 11) is -3.86. The lowest BCUT2D eigenvalue weighted by Gasteiger charge is -2.33. The van der Waals surface area contributed by atoms with Gasteiger partial charge in [0.05, 0.1) is 6.54 Å². The summed E-state index contributed by atoms with van der Waals surface area (Å²) < 4.78 is 29.4. The van der Waals surface area contributed by atoms with Gasteiger partial charge in [0.25, 0.3) is 10.0 Å². The van der Waals surface area contributed by atoms with Gasteiger partial charge in [0.15, 0.2) is 0 Å². The number of fused-ring (bicyclic) bond motifs is 1. The molecule has 168 valence electrons. The predicted octanol–water partition coefficient (Wildman–Crippen LogP) is 3.23. The van der Waals surface area contributed by atoms with Crippen molar-refractivity contribution in [1.82, 2.24) is 14.5 Å². The Kier molecular flexibility index (Phi) is 6.86. The summed E-state index contributed by atoms with van der Waals surface area (Å²) in [4.78, 5) is 29.0. The van der Waals surface area contributed by atoms with Gasteiger partial charge >= 0.3 is 0 Å². The van der Waals surface area contributed by atoms with E-state index in [4.69, 9.17) is 11.6 Å². The Bertz CT molecular complexity index is 1080. The Morgan fingerprint density at radius 2 is 1.84 bits per heavy atom. The SMILES string of the molecule is O=C(CN1CCC[C@H](NS(=O)(=O)c2cc3ccc(Cl)cc3s2)C1=O)N1CCCCCC1. The average Bonchev–Trinajstić information content (AvgIpc) is 2.97. The third kappa shape index (κ3) is 5.22. The van der Waals surface area contributed by atoms with Gasteiger partial charge < -0.3 is 9.80 Å². The lowest BCUT2D eigenvalue weighted by atomic mass is 10.1. The van der Waals surface area contributed by atoms with E-state index in [2.05, 4.69) is 4.72 Å². The molecule has 7 nitrogen and oxygen atoms in total. The molecule has 2 saturated heterocycles. The van der Waals surface area contributed by atoms with Gasteiger partial charge in [-0.2, -0.15) is 4.72 Å². The van der Waals surface area contributed by atoms with Crippen molar-refractivity contribution in [2.24, 2.45) is 0 Å². The highest BCUT2D eigenvalue weighted by Gasteiger charge is 2.34. The smallest absolute Gasteiger partial charge is 0.250 e. The summed E-state index contributed by atoms with van der Waals surface area (Å²) in [5, 5.41) is 1.33. The number of nitrogens with one attached hydrogen (secondary N) is 1. The van der Waals surface area contributed by atoms with Crippen LogP contribution in [0.5, 0.6) is 0 Å². The first-order chi connectivity index (χ1) is 14.8. The van der Waals surface area contributed by atoms with E-state index in [1.165, 1.54) is 4.90 Å². The third-order valence-electron chi connectivity index (χ3n) is 5.84. The molecule has 0 saturated carbocycles. The molecule has 2 amide bonds. The highest BCUT2D eigenvalue weighted by Crippen LogP contribution is 2.31. The lowest BCUT2D eigenvalue weighted by Crippen LogP contribution is -2.54. The van der Waals surface area contributed by atoms with Crippen LogP contribution in [0.1, 0.15) is 38.5 Å². The fourth-order valence-corrected chi connectivity index (χ4v) is 7.06. The standard InChI is InChI=1S/C21H26ClN3O4S2/c22-16-8-7-15-12-20(30-18(15)13-16)31(28,29)23-17-6-5-11-25(21(17)27)14-19(26)24-9-3-1-2-4-10-24/h7-8,12-13,17,23H,1-6,9-11,14H2/t17-/m0/s1. The molecule has 0 unspecified atom stereocenters. The van der Waals surface area contributed by atoms with Crippen molar-refractivity contribution in [2.45, 2.75) is 48.8 Å². The van der Waals surface area contributed by atoms with Crippen LogP contribution in [0.3, 0.4) is 0 Å². The Morgan fingerprint density at radius 1 is 1.10 bits per heavy atom. The topological polar surface area (TPSA) is 86.8 Å². The summed E-state index contributed by atoms with van der Waals surface area (Å²) in [6, 6.07) is 5.94. The molecular weight excluding hydrogens is 458 g/mol. The van der Waals surface area contributed by atoms with Crippen molar-refractivity contribution < 1.29 is 18.0 Å². The predicted molar refractivity (Wildman–Crippen MR) is 122 cm³/mol. The molecule has 2 aliphatic heterocycles. The van der Waals surface area contributed by atoms with Crippen molar-refractivity contribution in [3.63, 3.8) is 0 Å². The van der Waals surface area contributed by atoms with Gasteiger partial charge in [0, 0.05) is 29.4 Å². The first-order valence-electron chi connectivity index (χ1n) is 10.6. The zero-order valence-corrected chi connectivity index (χ0v) is 19.6. The zero-order chi connectivity index (χ0) is 22.0. The number of halogens is 1.